The van der Waals surface area contributed by atoms with E-state index in [4.69, 9.17) is 5.73 Å². The van der Waals surface area contributed by atoms with E-state index in [1.54, 1.807) is 24.1 Å². The quantitative estimate of drug-likeness (QED) is 0.869. The van der Waals surface area contributed by atoms with Crippen LogP contribution in [0.3, 0.4) is 0 Å². The van der Waals surface area contributed by atoms with Gasteiger partial charge in [0, 0.05) is 13.6 Å². The average Bonchev–Trinajstić information content (AvgIpc) is 2.30. The first-order chi connectivity index (χ1) is 7.91. The molecule has 17 heavy (non-hydrogen) atoms. The van der Waals surface area contributed by atoms with Crippen LogP contribution in [0.4, 0.5) is 4.39 Å². The molecule has 0 unspecified atom stereocenters. The van der Waals surface area contributed by atoms with Gasteiger partial charge in [-0.2, -0.15) is 0 Å². The van der Waals surface area contributed by atoms with Crippen molar-refractivity contribution in [1.29, 1.82) is 0 Å². The second-order valence-electron chi connectivity index (χ2n) is 4.59. The molecule has 1 atom stereocenters. The van der Waals surface area contributed by atoms with Gasteiger partial charge in [0.25, 0.3) is 0 Å². The zero-order valence-corrected chi connectivity index (χ0v) is 10.5. The van der Waals surface area contributed by atoms with Crippen molar-refractivity contribution >= 4 is 5.91 Å². The molecule has 0 saturated heterocycles. The average molecular weight is 238 g/mol. The van der Waals surface area contributed by atoms with Gasteiger partial charge in [-0.1, -0.05) is 26.0 Å². The molecule has 0 aliphatic rings. The Balaban J connectivity index is 2.63. The first kappa shape index (κ1) is 13.6. The number of benzene rings is 1. The second kappa shape index (κ2) is 5.77. The predicted octanol–water partition coefficient (Wildman–Crippen LogP) is 1.77. The molecule has 2 N–H and O–H groups in total. The van der Waals surface area contributed by atoms with Crippen LogP contribution in [0.1, 0.15) is 19.4 Å². The summed E-state index contributed by atoms with van der Waals surface area (Å²) in [6.07, 6.45) is 0. The minimum absolute atomic E-state index is 0.0932. The van der Waals surface area contributed by atoms with Crippen molar-refractivity contribution in [3.8, 4) is 0 Å². The summed E-state index contributed by atoms with van der Waals surface area (Å²) in [6, 6.07) is 5.62. The summed E-state index contributed by atoms with van der Waals surface area (Å²) in [5.41, 5.74) is 6.67. The van der Waals surface area contributed by atoms with Gasteiger partial charge in [-0.05, 0) is 23.6 Å². The maximum atomic E-state index is 12.7. The Morgan fingerprint density at radius 1 is 1.35 bits per heavy atom. The third kappa shape index (κ3) is 3.82. The van der Waals surface area contributed by atoms with E-state index in [9.17, 15) is 9.18 Å². The lowest BCUT2D eigenvalue weighted by atomic mass is 10.0. The van der Waals surface area contributed by atoms with Crippen LogP contribution < -0.4 is 5.73 Å². The molecular weight excluding hydrogens is 219 g/mol. The minimum atomic E-state index is -0.486. The molecule has 0 saturated carbocycles. The van der Waals surface area contributed by atoms with Gasteiger partial charge in [-0.25, -0.2) is 4.39 Å². The maximum absolute atomic E-state index is 12.7. The minimum Gasteiger partial charge on any atom is -0.340 e. The third-order valence-electron chi connectivity index (χ3n) is 2.71. The van der Waals surface area contributed by atoms with Crippen LogP contribution in [0, 0.1) is 11.7 Å². The number of halogens is 1. The van der Waals surface area contributed by atoms with E-state index in [0.717, 1.165) is 5.56 Å². The molecule has 0 heterocycles. The van der Waals surface area contributed by atoms with Crippen molar-refractivity contribution in [1.82, 2.24) is 4.90 Å². The molecular formula is C13H19FN2O. The van der Waals surface area contributed by atoms with Crippen molar-refractivity contribution in [2.45, 2.75) is 26.4 Å². The number of nitrogens with two attached hydrogens (primary N) is 1. The molecule has 3 nitrogen and oxygen atoms in total. The van der Waals surface area contributed by atoms with E-state index in [0.29, 0.717) is 6.54 Å². The van der Waals surface area contributed by atoms with E-state index in [1.807, 2.05) is 13.8 Å². The maximum Gasteiger partial charge on any atom is 0.239 e. The molecule has 0 aromatic heterocycles. The number of carbonyl (C=O) groups is 1. The Bertz CT molecular complexity index is 376. The lowest BCUT2D eigenvalue weighted by Gasteiger charge is -2.23. The van der Waals surface area contributed by atoms with Crippen LogP contribution in [0.2, 0.25) is 0 Å². The molecule has 1 amide bonds. The van der Waals surface area contributed by atoms with Crippen molar-refractivity contribution < 1.29 is 9.18 Å². The van der Waals surface area contributed by atoms with Gasteiger partial charge in [0.15, 0.2) is 0 Å². The summed E-state index contributed by atoms with van der Waals surface area (Å²) in [5, 5.41) is 0. The Hall–Kier alpha value is -1.42. The number of carbonyl (C=O) groups excluding carboxylic acids is 1. The van der Waals surface area contributed by atoms with Crippen LogP contribution in [0.25, 0.3) is 0 Å². The molecule has 0 spiro atoms. The molecule has 0 aliphatic heterocycles. The van der Waals surface area contributed by atoms with Crippen LogP contribution in [0.15, 0.2) is 24.3 Å². The fourth-order valence-corrected chi connectivity index (χ4v) is 1.48. The summed E-state index contributed by atoms with van der Waals surface area (Å²) in [7, 11) is 1.70. The van der Waals surface area contributed by atoms with Crippen LogP contribution >= 0.6 is 0 Å². The lowest BCUT2D eigenvalue weighted by molar-refractivity contribution is -0.132. The lowest BCUT2D eigenvalue weighted by Crippen LogP contribution is -2.44. The van der Waals surface area contributed by atoms with Crippen LogP contribution in [-0.2, 0) is 11.3 Å². The van der Waals surface area contributed by atoms with Crippen molar-refractivity contribution in [3.63, 3.8) is 0 Å². The highest BCUT2D eigenvalue weighted by Gasteiger charge is 2.20. The third-order valence-corrected chi connectivity index (χ3v) is 2.71. The van der Waals surface area contributed by atoms with Gasteiger partial charge in [0.2, 0.25) is 5.91 Å². The second-order valence-corrected chi connectivity index (χ2v) is 4.59. The van der Waals surface area contributed by atoms with Crippen LogP contribution in [0.5, 0.6) is 0 Å². The molecule has 4 heteroatoms. The molecule has 0 bridgehead atoms. The van der Waals surface area contributed by atoms with Crippen molar-refractivity contribution in [3.05, 3.63) is 35.6 Å². The smallest absolute Gasteiger partial charge is 0.239 e. The molecule has 0 fully saturated rings. The molecule has 1 aromatic carbocycles. The Morgan fingerprint density at radius 2 is 1.88 bits per heavy atom. The number of rotatable bonds is 4. The van der Waals surface area contributed by atoms with Gasteiger partial charge < -0.3 is 10.6 Å². The highest BCUT2D eigenvalue weighted by molar-refractivity contribution is 5.81. The van der Waals surface area contributed by atoms with Crippen molar-refractivity contribution in [2.24, 2.45) is 11.7 Å². The summed E-state index contributed by atoms with van der Waals surface area (Å²) < 4.78 is 12.7. The first-order valence-corrected chi connectivity index (χ1v) is 5.67. The zero-order chi connectivity index (χ0) is 13.0. The number of amides is 1. The van der Waals surface area contributed by atoms with E-state index in [1.165, 1.54) is 12.1 Å². The van der Waals surface area contributed by atoms with Gasteiger partial charge in [0.05, 0.1) is 6.04 Å². The van der Waals surface area contributed by atoms with Gasteiger partial charge >= 0.3 is 0 Å². The Labute approximate surface area is 101 Å². The number of hydrogen-bond donors (Lipinski definition) is 1. The standard InChI is InChI=1S/C13H19FN2O/c1-9(2)12(15)13(17)16(3)8-10-4-6-11(14)7-5-10/h4-7,9,12H,8,15H2,1-3H3/t12-/m0/s1. The number of nitrogens with zero attached hydrogens (tertiary/aromatic N) is 1. The van der Waals surface area contributed by atoms with E-state index < -0.39 is 6.04 Å². The van der Waals surface area contributed by atoms with Gasteiger partial charge in [0.1, 0.15) is 5.82 Å². The number of likely N-dealkylation sites (N-methyl/N-ethyl adjacent to an activating group) is 1. The first-order valence-electron chi connectivity index (χ1n) is 5.67. The molecule has 0 radical (unpaired) electrons. The molecule has 94 valence electrons. The van der Waals surface area contributed by atoms with E-state index in [-0.39, 0.29) is 17.6 Å². The highest BCUT2D eigenvalue weighted by Crippen LogP contribution is 2.08. The SMILES string of the molecule is CC(C)[C@H](N)C(=O)N(C)Cc1ccc(F)cc1. The summed E-state index contributed by atoms with van der Waals surface area (Å²) in [6.45, 7) is 4.27. The summed E-state index contributed by atoms with van der Waals surface area (Å²) in [4.78, 5) is 13.4. The molecule has 1 aromatic rings. The zero-order valence-electron chi connectivity index (χ0n) is 10.5. The predicted molar refractivity (Wildman–Crippen MR) is 65.7 cm³/mol. The highest BCUT2D eigenvalue weighted by atomic mass is 19.1. The van der Waals surface area contributed by atoms with Gasteiger partial charge in [-0.3, -0.25) is 4.79 Å². The number of hydrogen-bond acceptors (Lipinski definition) is 2. The monoisotopic (exact) mass is 238 g/mol. The fraction of sp³-hybridized carbons (Fsp3) is 0.462. The topological polar surface area (TPSA) is 46.3 Å². The molecule has 1 rings (SSSR count). The van der Waals surface area contributed by atoms with Crippen LogP contribution in [-0.4, -0.2) is 23.9 Å². The van der Waals surface area contributed by atoms with Gasteiger partial charge in [-0.15, -0.1) is 0 Å². The normalized spacial score (nSPS) is 12.6. The molecule has 0 aliphatic carbocycles. The Kier molecular flexibility index (Phi) is 4.63. The van der Waals surface area contributed by atoms with E-state index in [2.05, 4.69) is 0 Å². The fourth-order valence-electron chi connectivity index (χ4n) is 1.48. The summed E-state index contributed by atoms with van der Waals surface area (Å²) in [5.74, 6) is -0.260. The summed E-state index contributed by atoms with van der Waals surface area (Å²) >= 11 is 0. The largest absolute Gasteiger partial charge is 0.340 e. The Morgan fingerprint density at radius 3 is 2.35 bits per heavy atom. The van der Waals surface area contributed by atoms with E-state index >= 15 is 0 Å². The van der Waals surface area contributed by atoms with Crippen molar-refractivity contribution in [2.75, 3.05) is 7.05 Å².